The molecule has 2 amide bonds. The van der Waals surface area contributed by atoms with Crippen molar-refractivity contribution in [3.05, 3.63) is 119 Å². The summed E-state index contributed by atoms with van der Waals surface area (Å²) in [6.07, 6.45) is 9.78. The van der Waals surface area contributed by atoms with Crippen LogP contribution in [0.2, 0.25) is 18.6 Å². The third-order valence-electron chi connectivity index (χ3n) is 13.4. The van der Waals surface area contributed by atoms with Gasteiger partial charge in [0.25, 0.3) is 5.91 Å². The van der Waals surface area contributed by atoms with E-state index < -0.39 is 32.0 Å². The zero-order chi connectivity index (χ0) is 46.5. The number of amides is 2. The minimum atomic E-state index is -3.01. The first-order chi connectivity index (χ1) is 31.2. The second kappa shape index (κ2) is 20.7. The number of carbonyl (C=O) groups excluding carboxylic acids is 2. The lowest BCUT2D eigenvalue weighted by atomic mass is 9.82. The molecule has 14 heteroatoms. The van der Waals surface area contributed by atoms with Crippen molar-refractivity contribution >= 4 is 37.2 Å². The Morgan fingerprint density at radius 1 is 1.03 bits per heavy atom. The Morgan fingerprint density at radius 2 is 1.80 bits per heavy atom. The van der Waals surface area contributed by atoms with Crippen molar-refractivity contribution in [2.24, 2.45) is 5.92 Å². The fraction of sp³-hybridized carbons (Fsp3) is 0.490. The molecule has 7 rings (SSSR count). The van der Waals surface area contributed by atoms with Crippen molar-refractivity contribution in [2.75, 3.05) is 42.7 Å². The van der Waals surface area contributed by atoms with Gasteiger partial charge in [-0.05, 0) is 133 Å². The maximum absolute atomic E-state index is 15.4. The number of nitrogens with zero attached hydrogens (tertiary/aromatic N) is 5. The van der Waals surface area contributed by atoms with Crippen LogP contribution >= 0.6 is 0 Å². The number of ether oxygens (including phenoxy) is 2. The molecule has 3 aromatic carbocycles. The Kier molecular flexibility index (Phi) is 15.3. The van der Waals surface area contributed by atoms with Gasteiger partial charge in [0.05, 0.1) is 48.3 Å². The highest BCUT2D eigenvalue weighted by molar-refractivity contribution is 6.71. The Balaban J connectivity index is 1.27. The van der Waals surface area contributed by atoms with Crippen molar-refractivity contribution < 1.29 is 34.1 Å². The average molecular weight is 905 g/mol. The van der Waals surface area contributed by atoms with Crippen LogP contribution in [0.5, 0.6) is 5.75 Å². The van der Waals surface area contributed by atoms with Gasteiger partial charge in [0.2, 0.25) is 5.91 Å². The van der Waals surface area contributed by atoms with Gasteiger partial charge in [-0.25, -0.2) is 0 Å². The van der Waals surface area contributed by atoms with Gasteiger partial charge in [0, 0.05) is 48.6 Å². The van der Waals surface area contributed by atoms with E-state index in [1.54, 1.807) is 9.58 Å². The maximum atomic E-state index is 15.4. The number of allylic oxidation sites excluding steroid dienone is 3. The van der Waals surface area contributed by atoms with E-state index in [0.717, 1.165) is 47.5 Å². The van der Waals surface area contributed by atoms with Gasteiger partial charge in [-0.2, -0.15) is 0 Å². The Morgan fingerprint density at radius 3 is 2.51 bits per heavy atom. The normalized spacial score (nSPS) is 22.4. The molecule has 4 aromatic rings. The van der Waals surface area contributed by atoms with Crippen LogP contribution in [0.3, 0.4) is 0 Å². The lowest BCUT2D eigenvalue weighted by molar-refractivity contribution is -0.145. The fourth-order valence-corrected chi connectivity index (χ4v) is 12.8. The Labute approximate surface area is 385 Å². The number of aryl methyl sites for hydroxylation is 1. The van der Waals surface area contributed by atoms with E-state index in [2.05, 4.69) is 48.6 Å². The largest absolute Gasteiger partial charge is 0.494 e. The molecule has 4 heterocycles. The molecule has 1 saturated heterocycles. The molecule has 3 aliphatic rings. The van der Waals surface area contributed by atoms with Gasteiger partial charge in [-0.3, -0.25) is 19.2 Å². The summed E-state index contributed by atoms with van der Waals surface area (Å²) in [6.45, 7) is 15.9. The number of hydrogen-bond acceptors (Lipinski definition) is 10. The highest BCUT2D eigenvalue weighted by Gasteiger charge is 2.66. The van der Waals surface area contributed by atoms with Crippen LogP contribution in [-0.4, -0.2) is 95.2 Å². The summed E-state index contributed by atoms with van der Waals surface area (Å²) >= 11 is 0. The maximum Gasteiger partial charge on any atom is 0.264 e. The molecule has 3 aliphatic heterocycles. The van der Waals surface area contributed by atoms with Gasteiger partial charge in [0.15, 0.2) is 13.9 Å². The number of rotatable bonds is 20. The quantitative estimate of drug-likeness (QED) is 0.0393. The first-order valence-electron chi connectivity index (χ1n) is 23.4. The van der Waals surface area contributed by atoms with Gasteiger partial charge in [-0.1, -0.05) is 65.8 Å². The molecule has 65 heavy (non-hydrogen) atoms. The van der Waals surface area contributed by atoms with Crippen LogP contribution < -0.4 is 19.9 Å². The Hall–Kier alpha value is -4.96. The number of aliphatic hydroxyl groups excluding tert-OH is 2. The molecule has 0 radical (unpaired) electrons. The zero-order valence-electron chi connectivity index (χ0n) is 39.2. The predicted octanol–water partition coefficient (Wildman–Crippen LogP) is 7.68. The number of hydrogen-bond donors (Lipinski definition) is 4. The van der Waals surface area contributed by atoms with Crippen LogP contribution in [0.15, 0.2) is 96.2 Å². The lowest BCUT2D eigenvalue weighted by Gasteiger charge is -2.36. The SMILES string of the molecule is CCOc1ccc2c(c1)CC(NCCCCO)C(=O)N2c1ccc2c(c1)[C@]1(O[C@@H](CCn3cc(C(CO)c4ccccc4)nn3)[C@H]([Si](C)(C)O)[C@H]1C)C(=O)N2C/C=C(\C)CCC=C(C)C. The van der Waals surface area contributed by atoms with E-state index in [-0.39, 0.29) is 36.5 Å². The van der Waals surface area contributed by atoms with E-state index in [4.69, 9.17) is 9.47 Å². The summed E-state index contributed by atoms with van der Waals surface area (Å²) in [6, 6.07) is 20.9. The minimum absolute atomic E-state index is 0.0875. The second-order valence-corrected chi connectivity index (χ2v) is 22.7. The van der Waals surface area contributed by atoms with E-state index in [1.165, 1.54) is 11.1 Å². The Bertz CT molecular complexity index is 2360. The summed E-state index contributed by atoms with van der Waals surface area (Å²) in [5, 5.41) is 32.1. The number of benzene rings is 3. The first-order valence-corrected chi connectivity index (χ1v) is 26.4. The zero-order valence-corrected chi connectivity index (χ0v) is 40.2. The number of fused-ring (bicyclic) bond motifs is 3. The van der Waals surface area contributed by atoms with Crippen molar-refractivity contribution in [1.82, 2.24) is 20.3 Å². The van der Waals surface area contributed by atoms with Crippen LogP contribution in [0, 0.1) is 5.92 Å². The van der Waals surface area contributed by atoms with Crippen LogP contribution in [0.1, 0.15) is 95.0 Å². The highest BCUT2D eigenvalue weighted by Crippen LogP contribution is 2.60. The fourth-order valence-electron chi connectivity index (χ4n) is 10.2. The molecule has 4 N–H and O–H groups in total. The summed E-state index contributed by atoms with van der Waals surface area (Å²) < 4.78 is 14.9. The van der Waals surface area contributed by atoms with Gasteiger partial charge < -0.3 is 34.7 Å². The summed E-state index contributed by atoms with van der Waals surface area (Å²) in [5.74, 6) is -0.309. The van der Waals surface area contributed by atoms with Crippen molar-refractivity contribution in [3.8, 4) is 5.75 Å². The van der Waals surface area contributed by atoms with Crippen molar-refractivity contribution in [2.45, 2.75) is 122 Å². The third kappa shape index (κ3) is 10.1. The molecule has 0 bridgehead atoms. The van der Waals surface area contributed by atoms with Gasteiger partial charge in [0.1, 0.15) is 5.75 Å². The van der Waals surface area contributed by atoms with E-state index in [0.29, 0.717) is 62.4 Å². The number of aliphatic hydroxyl groups is 2. The average Bonchev–Trinajstić information content (AvgIpc) is 3.93. The van der Waals surface area contributed by atoms with Gasteiger partial charge in [-0.15, -0.1) is 5.10 Å². The van der Waals surface area contributed by atoms with Gasteiger partial charge >= 0.3 is 0 Å². The second-order valence-electron chi connectivity index (χ2n) is 18.7. The molecule has 6 atom stereocenters. The number of unbranched alkanes of at least 4 members (excludes halogenated alkanes) is 1. The van der Waals surface area contributed by atoms with E-state index >= 15 is 4.79 Å². The standard InChI is InChI=1S/C51H68N6O7Si/c1-8-63-40-20-22-45-38(29-40)30-43(52-25-12-13-28-58)49(60)57(45)39-19-21-46-42(31-39)51(50(61)56(46)27-23-35(4)16-14-15-34(2)3)36(5)48(65(6,7)62)47(64-51)24-26-55-32-44(53-54-55)41(33-59)37-17-10-9-11-18-37/h9-11,15,17-23,29,31-32,36,41,43,47-48,52,58-59,62H,8,12-14,16,24-28,30,33H2,1-7H3/b35-23+/t36-,41?,43?,47+,48-,51+/m1/s1. The minimum Gasteiger partial charge on any atom is -0.494 e. The van der Waals surface area contributed by atoms with Crippen LogP contribution in [0.4, 0.5) is 17.1 Å². The lowest BCUT2D eigenvalue weighted by Crippen LogP contribution is -2.49. The monoisotopic (exact) mass is 904 g/mol. The molecule has 348 valence electrons. The molecule has 0 aliphatic carbocycles. The molecule has 1 aromatic heterocycles. The van der Waals surface area contributed by atoms with E-state index in [1.807, 2.05) is 105 Å². The smallest absolute Gasteiger partial charge is 0.264 e. The number of carbonyl (C=O) groups is 2. The van der Waals surface area contributed by atoms with Crippen molar-refractivity contribution in [3.63, 3.8) is 0 Å². The van der Waals surface area contributed by atoms with Crippen molar-refractivity contribution in [1.29, 1.82) is 0 Å². The number of nitrogens with one attached hydrogen (secondary N) is 1. The molecular weight excluding hydrogens is 837 g/mol. The molecule has 0 saturated carbocycles. The summed E-state index contributed by atoms with van der Waals surface area (Å²) in [7, 11) is -3.01. The molecule has 1 fully saturated rings. The topological polar surface area (TPSA) is 163 Å². The van der Waals surface area contributed by atoms with Crippen LogP contribution in [-0.2, 0) is 32.9 Å². The summed E-state index contributed by atoms with van der Waals surface area (Å²) in [4.78, 5) is 45.8. The third-order valence-corrected chi connectivity index (χ3v) is 15.9. The molecule has 1 spiro atoms. The van der Waals surface area contributed by atoms with E-state index in [9.17, 15) is 19.8 Å². The predicted molar refractivity (Wildman–Crippen MR) is 257 cm³/mol. The number of aromatic nitrogens is 3. The molecule has 13 nitrogen and oxygen atoms in total. The number of anilines is 3. The molecule has 2 unspecified atom stereocenters. The highest BCUT2D eigenvalue weighted by atomic mass is 28.4. The molecular formula is C51H68N6O7Si. The summed E-state index contributed by atoms with van der Waals surface area (Å²) in [5.41, 5.74) is 6.01. The first kappa shape index (κ1) is 48.0. The van der Waals surface area contributed by atoms with Crippen LogP contribution in [0.25, 0.3) is 0 Å².